The molecule has 0 aromatic carbocycles. The molecule has 3 fully saturated rings. The molecule has 31 heteroatoms. The maximum atomic E-state index is 13.1. The molecule has 3 rings (SSSR count). The summed E-state index contributed by atoms with van der Waals surface area (Å²) in [6, 6.07) is 0. The fourth-order valence-corrected chi connectivity index (χ4v) is 9.14. The van der Waals surface area contributed by atoms with Crippen LogP contribution in [0.5, 0.6) is 0 Å². The second-order valence-corrected chi connectivity index (χ2v) is 23.2. The molecule has 0 saturated carbocycles. The van der Waals surface area contributed by atoms with Gasteiger partial charge < -0.3 is 125 Å². The molecule has 3 aliphatic heterocycles. The van der Waals surface area contributed by atoms with Crippen molar-refractivity contribution >= 4 is 31.2 Å². The highest BCUT2D eigenvalue weighted by Gasteiger charge is 2.45. The number of ether oxygens (including phenoxy) is 9. The highest BCUT2D eigenvalue weighted by molar-refractivity contribution is 7.53. The van der Waals surface area contributed by atoms with E-state index in [1.807, 2.05) is 0 Å². The molecule has 0 aromatic heterocycles. The lowest BCUT2D eigenvalue weighted by Gasteiger charge is -2.40. The summed E-state index contributed by atoms with van der Waals surface area (Å²) in [5.74, 6) is -4.06. The van der Waals surface area contributed by atoms with Crippen molar-refractivity contribution in [3.8, 4) is 0 Å². The number of hydrogen-bond donors (Lipinski definition) is 15. The van der Waals surface area contributed by atoms with Crippen molar-refractivity contribution < 1.29 is 122 Å². The second-order valence-electron chi connectivity index (χ2n) is 20.8. The van der Waals surface area contributed by atoms with Gasteiger partial charge in [0.2, 0.25) is 23.6 Å². The lowest BCUT2D eigenvalue weighted by atomic mass is 9.92. The zero-order chi connectivity index (χ0) is 60.3. The van der Waals surface area contributed by atoms with Crippen molar-refractivity contribution in [3.63, 3.8) is 0 Å². The first-order valence-corrected chi connectivity index (χ1v) is 29.0. The predicted molar refractivity (Wildman–Crippen MR) is 282 cm³/mol. The van der Waals surface area contributed by atoms with Gasteiger partial charge >= 0.3 is 7.60 Å². The van der Waals surface area contributed by atoms with Gasteiger partial charge in [0.25, 0.3) is 0 Å². The van der Waals surface area contributed by atoms with Crippen molar-refractivity contribution in [2.75, 3.05) is 112 Å². The monoisotopic (exact) mass is 1190 g/mol. The highest BCUT2D eigenvalue weighted by atomic mass is 31.2. The van der Waals surface area contributed by atoms with E-state index in [-0.39, 0.29) is 90.4 Å². The molecule has 3 heterocycles. The van der Waals surface area contributed by atoms with Gasteiger partial charge in [-0.05, 0) is 25.7 Å². The summed E-state index contributed by atoms with van der Waals surface area (Å²) >= 11 is 0. The van der Waals surface area contributed by atoms with Crippen molar-refractivity contribution in [2.24, 2.45) is 17.8 Å². The summed E-state index contributed by atoms with van der Waals surface area (Å²) in [5, 5.41) is 104. The van der Waals surface area contributed by atoms with E-state index in [4.69, 9.17) is 47.2 Å². The average Bonchev–Trinajstić information content (AvgIpc) is 3.42. The van der Waals surface area contributed by atoms with Crippen LogP contribution in [0.25, 0.3) is 0 Å². The standard InChI is InChI=1S/C50H92N5O25P/c1-29(2)81(69,70)77-18-10-14-51-37(59)19-30(3)55-50(26-71-23-38(60)52-11-7-15-74-47-31(4)41(63)44(66)34(20-56)78-47,27-72-24-39(61)53-12-8-16-75-48-32(5)42(64)45(67)35(21-57)79-48)28-73-25-40(62)54-13-9-17-76-49-33(6)43(65)46(68)36(22-58)80-49/h29,31-36,41-49,55-58,63-68H,3,7-28H2,1-2,4-6H3,(H,51,59)(H,52,60)(H,53,61)(H,54,62)(H,69,70)/t31?,32?,33?,34?,35?,36?,41-,42-,43-,44+,45+,46+,47-,48-,49-,50?/m1/s1. The summed E-state index contributed by atoms with van der Waals surface area (Å²) in [6.45, 7) is 8.08. The van der Waals surface area contributed by atoms with E-state index in [1.54, 1.807) is 34.6 Å². The normalized spacial score (nSPS) is 30.2. The molecule has 15 N–H and O–H groups in total. The molecular formula is C50H92N5O25P. The minimum atomic E-state index is -3.82. The highest BCUT2D eigenvalue weighted by Crippen LogP contribution is 2.47. The lowest BCUT2D eigenvalue weighted by Crippen LogP contribution is -2.57. The van der Waals surface area contributed by atoms with Crippen LogP contribution in [-0.2, 0) is 70.9 Å². The van der Waals surface area contributed by atoms with Crippen LogP contribution in [0.15, 0.2) is 12.3 Å². The smallest absolute Gasteiger partial charge is 0.330 e. The van der Waals surface area contributed by atoms with Crippen molar-refractivity contribution in [1.82, 2.24) is 26.6 Å². The van der Waals surface area contributed by atoms with E-state index in [0.29, 0.717) is 0 Å². The van der Waals surface area contributed by atoms with Crippen molar-refractivity contribution in [1.29, 1.82) is 0 Å². The largest absolute Gasteiger partial charge is 0.394 e. The molecule has 30 nitrogen and oxygen atoms in total. The Hall–Kier alpha value is -3.15. The van der Waals surface area contributed by atoms with E-state index in [9.17, 15) is 74.6 Å². The van der Waals surface area contributed by atoms with Gasteiger partial charge in [0.1, 0.15) is 62.0 Å². The number of hydrogen-bond acceptors (Lipinski definition) is 25. The summed E-state index contributed by atoms with van der Waals surface area (Å²) in [6.07, 6.45) is -12.7. The molecule has 7 unspecified atom stereocenters. The number of rotatable bonds is 40. The molecule has 0 aromatic rings. The quantitative estimate of drug-likeness (QED) is 0.0202. The van der Waals surface area contributed by atoms with Gasteiger partial charge in [-0.1, -0.05) is 41.2 Å². The second kappa shape index (κ2) is 37.3. The zero-order valence-electron chi connectivity index (χ0n) is 47.0. The maximum Gasteiger partial charge on any atom is 0.330 e. The molecular weight excluding hydrogens is 1100 g/mol. The third-order valence-corrected chi connectivity index (χ3v) is 15.4. The fourth-order valence-electron chi connectivity index (χ4n) is 8.45. The van der Waals surface area contributed by atoms with Crippen LogP contribution in [0.4, 0.5) is 0 Å². The van der Waals surface area contributed by atoms with Gasteiger partial charge in [-0.15, -0.1) is 0 Å². The number of aliphatic hydroxyl groups excluding tert-OH is 9. The predicted octanol–water partition coefficient (Wildman–Crippen LogP) is -4.82. The van der Waals surface area contributed by atoms with Gasteiger partial charge in [-0.2, -0.15) is 0 Å². The van der Waals surface area contributed by atoms with Gasteiger partial charge in [0, 0.05) is 49.6 Å². The van der Waals surface area contributed by atoms with E-state index in [0.717, 1.165) is 0 Å². The van der Waals surface area contributed by atoms with Crippen molar-refractivity contribution in [2.45, 2.75) is 152 Å². The minimum Gasteiger partial charge on any atom is -0.394 e. The first-order chi connectivity index (χ1) is 38.4. The topological polar surface area (TPSA) is 440 Å². The van der Waals surface area contributed by atoms with Crippen molar-refractivity contribution in [3.05, 3.63) is 12.3 Å². The van der Waals surface area contributed by atoms with Crippen LogP contribution in [-0.4, -0.2) is 272 Å². The van der Waals surface area contributed by atoms with Crippen LogP contribution < -0.4 is 26.6 Å². The minimum absolute atomic E-state index is 0.0719. The third kappa shape index (κ3) is 24.8. The first kappa shape index (κ1) is 72.1. The Kier molecular flexibility index (Phi) is 33.2. The number of amides is 4. The SMILES string of the molecule is C=C(CC(=O)NCCCOP(=O)(O)C(C)C)NC(COCC(=O)NCCCO[C@@H]1OC(CO)[C@H](O)[C@H](O)C1C)(COCC(=O)NCCCO[C@@H]1OC(CO)[C@H](O)[C@H](O)C1C)COCC(=O)NCCCO[C@@H]1OC(CO)[C@H](O)[C@H](O)C1C. The molecule has 4 amide bonds. The zero-order valence-corrected chi connectivity index (χ0v) is 47.9. The number of carbonyl (C=O) groups is 4. The molecule has 0 bridgehead atoms. The molecule has 3 saturated heterocycles. The molecule has 16 atom stereocenters. The average molecular weight is 1190 g/mol. The van der Waals surface area contributed by atoms with Crippen LogP contribution in [0.2, 0.25) is 0 Å². The maximum absolute atomic E-state index is 13.1. The number of nitrogens with one attached hydrogen (secondary N) is 5. The summed E-state index contributed by atoms with van der Waals surface area (Å²) in [5.41, 5.74) is -2.08. The Balaban J connectivity index is 1.66. The third-order valence-electron chi connectivity index (χ3n) is 13.6. The summed E-state index contributed by atoms with van der Waals surface area (Å²) < 4.78 is 68.8. The number of carbonyl (C=O) groups excluding carboxylic acids is 4. The van der Waals surface area contributed by atoms with Crippen LogP contribution >= 0.6 is 7.60 Å². The van der Waals surface area contributed by atoms with Crippen LogP contribution in [0.3, 0.4) is 0 Å². The summed E-state index contributed by atoms with van der Waals surface area (Å²) in [7, 11) is -3.82. The van der Waals surface area contributed by atoms with Gasteiger partial charge in [-0.25, -0.2) is 0 Å². The molecule has 472 valence electrons. The first-order valence-electron chi connectivity index (χ1n) is 27.4. The summed E-state index contributed by atoms with van der Waals surface area (Å²) in [4.78, 5) is 62.2. The molecule has 3 aliphatic rings. The van der Waals surface area contributed by atoms with Gasteiger partial charge in [0.15, 0.2) is 18.9 Å². The molecule has 0 spiro atoms. The van der Waals surface area contributed by atoms with E-state index >= 15 is 0 Å². The molecule has 81 heavy (non-hydrogen) atoms. The Morgan fingerprint density at radius 2 is 0.840 bits per heavy atom. The van der Waals surface area contributed by atoms with Crippen LogP contribution in [0, 0.1) is 17.8 Å². The number of aliphatic hydroxyl groups is 9. The lowest BCUT2D eigenvalue weighted by molar-refractivity contribution is -0.282. The molecule has 0 radical (unpaired) electrons. The molecule has 0 aliphatic carbocycles. The van der Waals surface area contributed by atoms with Crippen LogP contribution in [0.1, 0.15) is 66.7 Å². The Morgan fingerprint density at radius 1 is 0.531 bits per heavy atom. The Labute approximate surface area is 472 Å². The van der Waals surface area contributed by atoms with E-state index in [2.05, 4.69) is 33.2 Å². The van der Waals surface area contributed by atoms with Gasteiger partial charge in [-0.3, -0.25) is 23.7 Å². The van der Waals surface area contributed by atoms with Gasteiger partial charge in [0.05, 0.1) is 96.5 Å². The Morgan fingerprint density at radius 3 is 1.15 bits per heavy atom. The Bertz CT molecular complexity index is 1760. The van der Waals surface area contributed by atoms with E-state index in [1.165, 1.54) is 0 Å². The van der Waals surface area contributed by atoms with E-state index < -0.39 is 193 Å². The fraction of sp³-hybridized carbons (Fsp3) is 0.880.